The van der Waals surface area contributed by atoms with Gasteiger partial charge in [-0.2, -0.15) is 4.98 Å². The molecule has 8 heteroatoms. The van der Waals surface area contributed by atoms with Crippen molar-refractivity contribution in [3.63, 3.8) is 0 Å². The molecule has 0 bridgehead atoms. The molecular formula is C18H26N6O2. The van der Waals surface area contributed by atoms with Gasteiger partial charge in [0.05, 0.1) is 6.04 Å². The molecule has 26 heavy (non-hydrogen) atoms. The lowest BCUT2D eigenvalue weighted by Gasteiger charge is -2.21. The van der Waals surface area contributed by atoms with Gasteiger partial charge < -0.3 is 14.4 Å². The number of rotatable bonds is 8. The first-order valence-corrected chi connectivity index (χ1v) is 9.57. The summed E-state index contributed by atoms with van der Waals surface area (Å²) in [5, 5.41) is 6.78. The summed E-state index contributed by atoms with van der Waals surface area (Å²) in [5.74, 6) is 1.58. The molecule has 1 saturated carbocycles. The average Bonchev–Trinajstić information content (AvgIpc) is 3.05. The van der Waals surface area contributed by atoms with Crippen LogP contribution in [0.15, 0.2) is 16.9 Å². The minimum atomic E-state index is -0.220. The average molecular weight is 358 g/mol. The van der Waals surface area contributed by atoms with Crippen molar-refractivity contribution in [3.8, 4) is 0 Å². The first kappa shape index (κ1) is 17.2. The van der Waals surface area contributed by atoms with Crippen molar-refractivity contribution in [2.24, 2.45) is 0 Å². The number of nitrogens with zero attached hydrogens (tertiary/aromatic N) is 5. The lowest BCUT2D eigenvalue weighted by molar-refractivity contribution is 0.0937. The molecule has 0 spiro atoms. The van der Waals surface area contributed by atoms with Gasteiger partial charge >= 0.3 is 0 Å². The molecule has 8 nitrogen and oxygen atoms in total. The highest BCUT2D eigenvalue weighted by molar-refractivity contribution is 5.90. The van der Waals surface area contributed by atoms with Gasteiger partial charge in [-0.3, -0.25) is 9.69 Å². The molecule has 3 heterocycles. The van der Waals surface area contributed by atoms with Crippen LogP contribution in [0.4, 0.5) is 0 Å². The third kappa shape index (κ3) is 3.95. The summed E-state index contributed by atoms with van der Waals surface area (Å²) in [6, 6.07) is 0.437. The Kier molecular flexibility index (Phi) is 5.01. The number of aromatic nitrogens is 4. The van der Waals surface area contributed by atoms with E-state index in [1.165, 1.54) is 0 Å². The van der Waals surface area contributed by atoms with E-state index >= 15 is 0 Å². The van der Waals surface area contributed by atoms with Crippen molar-refractivity contribution in [3.05, 3.63) is 29.9 Å². The quantitative estimate of drug-likeness (QED) is 0.727. The number of carbonyl (C=O) groups is 1. The van der Waals surface area contributed by atoms with Crippen LogP contribution in [0.25, 0.3) is 0 Å². The molecule has 1 saturated heterocycles. The van der Waals surface area contributed by atoms with E-state index in [2.05, 4.69) is 29.9 Å². The standard InChI is InChI=1S/C18H26N6O2/c1-13-19-8-12-23(13)9-2-3-10-24-11-4-5-15(24)18-21-16(22-26-18)17(25)20-14-6-7-14/h8,12,14-15H,2-7,9-11H2,1H3,(H,20,25)/t15-/m0/s1. The van der Waals surface area contributed by atoms with Crippen LogP contribution in [-0.4, -0.2) is 49.6 Å². The summed E-state index contributed by atoms with van der Waals surface area (Å²) >= 11 is 0. The lowest BCUT2D eigenvalue weighted by atomic mass is 10.2. The van der Waals surface area contributed by atoms with Crippen LogP contribution in [0.3, 0.4) is 0 Å². The minimum Gasteiger partial charge on any atom is -0.346 e. The zero-order chi connectivity index (χ0) is 17.9. The van der Waals surface area contributed by atoms with E-state index in [1.54, 1.807) is 0 Å². The third-order valence-electron chi connectivity index (χ3n) is 5.22. The number of imidazole rings is 1. The van der Waals surface area contributed by atoms with E-state index in [0.29, 0.717) is 11.9 Å². The number of carbonyl (C=O) groups excluding carboxylic acids is 1. The predicted molar refractivity (Wildman–Crippen MR) is 94.5 cm³/mol. The number of hydrogen-bond acceptors (Lipinski definition) is 6. The van der Waals surface area contributed by atoms with Crippen LogP contribution in [0, 0.1) is 6.92 Å². The summed E-state index contributed by atoms with van der Waals surface area (Å²) in [5.41, 5.74) is 0. The summed E-state index contributed by atoms with van der Waals surface area (Å²) in [7, 11) is 0. The van der Waals surface area contributed by atoms with Crippen molar-refractivity contribution in [1.82, 2.24) is 29.9 Å². The fraction of sp³-hybridized carbons (Fsp3) is 0.667. The Morgan fingerprint density at radius 1 is 1.31 bits per heavy atom. The molecule has 1 amide bonds. The first-order chi connectivity index (χ1) is 12.7. The molecule has 0 unspecified atom stereocenters. The Balaban J connectivity index is 1.28. The molecule has 140 valence electrons. The maximum absolute atomic E-state index is 12.0. The second-order valence-corrected chi connectivity index (χ2v) is 7.27. The van der Waals surface area contributed by atoms with E-state index in [9.17, 15) is 4.79 Å². The Hall–Kier alpha value is -2.22. The minimum absolute atomic E-state index is 0.139. The second-order valence-electron chi connectivity index (χ2n) is 7.27. The zero-order valence-electron chi connectivity index (χ0n) is 15.2. The number of nitrogens with one attached hydrogen (secondary N) is 1. The normalized spacial score (nSPS) is 20.6. The summed E-state index contributed by atoms with van der Waals surface area (Å²) < 4.78 is 7.59. The Labute approximate surface area is 153 Å². The second kappa shape index (κ2) is 7.57. The Bertz CT molecular complexity index is 750. The third-order valence-corrected chi connectivity index (χ3v) is 5.22. The molecule has 2 aromatic rings. The van der Waals surface area contributed by atoms with Crippen LogP contribution in [0.5, 0.6) is 0 Å². The van der Waals surface area contributed by atoms with Crippen LogP contribution >= 0.6 is 0 Å². The molecule has 2 aliphatic rings. The van der Waals surface area contributed by atoms with E-state index in [4.69, 9.17) is 4.52 Å². The van der Waals surface area contributed by atoms with Crippen LogP contribution < -0.4 is 5.32 Å². The van der Waals surface area contributed by atoms with Gasteiger partial charge in [-0.25, -0.2) is 4.98 Å². The van der Waals surface area contributed by atoms with Crippen LogP contribution in [0.1, 0.15) is 66.9 Å². The summed E-state index contributed by atoms with van der Waals surface area (Å²) in [6.07, 6.45) is 10.3. The highest BCUT2D eigenvalue weighted by Gasteiger charge is 2.32. The van der Waals surface area contributed by atoms with Gasteiger partial charge in [0.2, 0.25) is 5.89 Å². The summed E-state index contributed by atoms with van der Waals surface area (Å²) in [4.78, 5) is 23.1. The van der Waals surface area contributed by atoms with Crippen molar-refractivity contribution < 1.29 is 9.32 Å². The molecule has 0 aromatic carbocycles. The summed E-state index contributed by atoms with van der Waals surface area (Å²) in [6.45, 7) is 5.07. The SMILES string of the molecule is Cc1nccn1CCCCN1CCC[C@H]1c1nc(C(=O)NC2CC2)no1. The zero-order valence-corrected chi connectivity index (χ0v) is 15.2. The van der Waals surface area contributed by atoms with Gasteiger partial charge in [0.15, 0.2) is 0 Å². The Morgan fingerprint density at radius 3 is 2.92 bits per heavy atom. The maximum atomic E-state index is 12.0. The smallest absolute Gasteiger partial charge is 0.292 e. The van der Waals surface area contributed by atoms with E-state index in [0.717, 1.165) is 64.0 Å². The van der Waals surface area contributed by atoms with E-state index in [-0.39, 0.29) is 17.8 Å². The molecule has 1 N–H and O–H groups in total. The number of hydrogen-bond donors (Lipinski definition) is 1. The Morgan fingerprint density at radius 2 is 2.15 bits per heavy atom. The van der Waals surface area contributed by atoms with Crippen molar-refractivity contribution in [2.75, 3.05) is 13.1 Å². The van der Waals surface area contributed by atoms with Crippen LogP contribution in [0.2, 0.25) is 0 Å². The monoisotopic (exact) mass is 358 g/mol. The van der Waals surface area contributed by atoms with Crippen molar-refractivity contribution in [2.45, 2.75) is 64.1 Å². The number of aryl methyl sites for hydroxylation is 2. The van der Waals surface area contributed by atoms with Crippen LogP contribution in [-0.2, 0) is 6.54 Å². The fourth-order valence-electron chi connectivity index (χ4n) is 3.55. The molecule has 1 aliphatic carbocycles. The van der Waals surface area contributed by atoms with Gasteiger partial charge in [0, 0.05) is 25.0 Å². The van der Waals surface area contributed by atoms with E-state index < -0.39 is 0 Å². The molecule has 0 radical (unpaired) electrons. The predicted octanol–water partition coefficient (Wildman–Crippen LogP) is 2.08. The van der Waals surface area contributed by atoms with Gasteiger partial charge in [-0.15, -0.1) is 0 Å². The first-order valence-electron chi connectivity index (χ1n) is 9.57. The molecule has 1 aliphatic heterocycles. The van der Waals surface area contributed by atoms with Gasteiger partial charge in [0.25, 0.3) is 11.7 Å². The molecule has 4 rings (SSSR count). The number of amides is 1. The van der Waals surface area contributed by atoms with Gasteiger partial charge in [0.1, 0.15) is 5.82 Å². The number of unbranched alkanes of at least 4 members (excludes halogenated alkanes) is 1. The van der Waals surface area contributed by atoms with E-state index in [1.807, 2.05) is 19.3 Å². The molecule has 2 fully saturated rings. The lowest BCUT2D eigenvalue weighted by Crippen LogP contribution is -2.27. The van der Waals surface area contributed by atoms with Crippen molar-refractivity contribution >= 4 is 5.91 Å². The van der Waals surface area contributed by atoms with Gasteiger partial charge in [-0.1, -0.05) is 5.16 Å². The highest BCUT2D eigenvalue weighted by Crippen LogP contribution is 2.31. The maximum Gasteiger partial charge on any atom is 0.292 e. The topological polar surface area (TPSA) is 89.1 Å². The van der Waals surface area contributed by atoms with Crippen molar-refractivity contribution in [1.29, 1.82) is 0 Å². The number of likely N-dealkylation sites (tertiary alicyclic amines) is 1. The highest BCUT2D eigenvalue weighted by atomic mass is 16.5. The molecule has 1 atom stereocenters. The fourth-order valence-corrected chi connectivity index (χ4v) is 3.55. The van der Waals surface area contributed by atoms with Gasteiger partial charge in [-0.05, 0) is 58.5 Å². The largest absolute Gasteiger partial charge is 0.346 e. The molecule has 2 aromatic heterocycles. The molecular weight excluding hydrogens is 332 g/mol.